The van der Waals surface area contributed by atoms with Crippen LogP contribution in [0.15, 0.2) is 71.4 Å². The summed E-state index contributed by atoms with van der Waals surface area (Å²) in [5.74, 6) is 0.789. The van der Waals surface area contributed by atoms with Gasteiger partial charge in [-0.1, -0.05) is 36.4 Å². The van der Waals surface area contributed by atoms with Gasteiger partial charge in [-0.2, -0.15) is 0 Å². The zero-order valence-corrected chi connectivity index (χ0v) is 18.8. The van der Waals surface area contributed by atoms with Gasteiger partial charge in [-0.15, -0.1) is 22.7 Å². The van der Waals surface area contributed by atoms with Crippen LogP contribution in [0.2, 0.25) is 0 Å². The van der Waals surface area contributed by atoms with Crippen molar-refractivity contribution in [3.8, 4) is 5.75 Å². The topological polar surface area (TPSA) is 39.2 Å². The van der Waals surface area contributed by atoms with Crippen molar-refractivity contribution in [2.75, 3.05) is 6.61 Å². The van der Waals surface area contributed by atoms with Crippen LogP contribution in [0.3, 0.4) is 0 Å². The number of thiophene rings is 1. The van der Waals surface area contributed by atoms with Crippen molar-refractivity contribution in [3.63, 3.8) is 0 Å². The van der Waals surface area contributed by atoms with Gasteiger partial charge in [-0.05, 0) is 60.5 Å². The van der Waals surface area contributed by atoms with Gasteiger partial charge in [-0.3, -0.25) is 4.79 Å². The molecule has 0 N–H and O–H groups in total. The van der Waals surface area contributed by atoms with Crippen LogP contribution >= 0.6 is 22.7 Å². The molecule has 0 saturated heterocycles. The first-order valence-corrected chi connectivity index (χ1v) is 12.0. The molecule has 4 aromatic rings. The van der Waals surface area contributed by atoms with Crippen LogP contribution in [0, 0.1) is 6.92 Å². The molecule has 1 aliphatic carbocycles. The summed E-state index contributed by atoms with van der Waals surface area (Å²) >= 11 is 3.17. The fourth-order valence-electron chi connectivity index (χ4n) is 3.86. The zero-order valence-electron chi connectivity index (χ0n) is 17.1. The number of nitrogens with zero attached hydrogens (tertiary/aromatic N) is 1. The van der Waals surface area contributed by atoms with Crippen LogP contribution in [0.4, 0.5) is 0 Å². The molecule has 5 rings (SSSR count). The molecule has 2 aromatic heterocycles. The van der Waals surface area contributed by atoms with Crippen molar-refractivity contribution >= 4 is 39.6 Å². The molecule has 2 aromatic carbocycles. The molecule has 0 fully saturated rings. The number of hydrogen-bond acceptors (Lipinski definition) is 5. The summed E-state index contributed by atoms with van der Waals surface area (Å²) in [5, 5.41) is 4.93. The second kappa shape index (κ2) is 8.61. The predicted molar refractivity (Wildman–Crippen MR) is 128 cm³/mol. The van der Waals surface area contributed by atoms with E-state index in [1.165, 1.54) is 5.56 Å². The third kappa shape index (κ3) is 3.99. The highest BCUT2D eigenvalue weighted by Crippen LogP contribution is 2.45. The summed E-state index contributed by atoms with van der Waals surface area (Å²) in [6, 6.07) is 20.3. The first kappa shape index (κ1) is 19.9. The molecule has 0 bridgehead atoms. The van der Waals surface area contributed by atoms with Gasteiger partial charge in [0.1, 0.15) is 10.8 Å². The highest BCUT2D eigenvalue weighted by atomic mass is 32.1. The van der Waals surface area contributed by atoms with Crippen LogP contribution in [0.25, 0.3) is 11.1 Å². The Morgan fingerprint density at radius 3 is 2.55 bits per heavy atom. The molecule has 0 unspecified atom stereocenters. The highest BCUT2D eigenvalue weighted by molar-refractivity contribution is 7.12. The van der Waals surface area contributed by atoms with Crippen molar-refractivity contribution in [3.05, 3.63) is 104 Å². The molecule has 3 nitrogen and oxygen atoms in total. The third-order valence-electron chi connectivity index (χ3n) is 5.30. The Morgan fingerprint density at radius 2 is 1.81 bits per heavy atom. The number of benzene rings is 2. The van der Waals surface area contributed by atoms with Crippen LogP contribution in [-0.2, 0) is 6.42 Å². The van der Waals surface area contributed by atoms with Gasteiger partial charge >= 0.3 is 0 Å². The Morgan fingerprint density at radius 1 is 0.935 bits per heavy atom. The molecule has 0 radical (unpaired) electrons. The summed E-state index contributed by atoms with van der Waals surface area (Å²) in [6.45, 7) is 2.60. The maximum absolute atomic E-state index is 13.4. The van der Waals surface area contributed by atoms with E-state index < -0.39 is 0 Å². The number of thiazole rings is 1. The lowest BCUT2D eigenvalue weighted by Gasteiger charge is -2.09. The van der Waals surface area contributed by atoms with Crippen LogP contribution in [0.5, 0.6) is 5.75 Å². The van der Waals surface area contributed by atoms with E-state index >= 15 is 0 Å². The summed E-state index contributed by atoms with van der Waals surface area (Å²) in [5.41, 5.74) is 5.61. The van der Waals surface area contributed by atoms with Gasteiger partial charge in [0.15, 0.2) is 5.78 Å². The molecule has 31 heavy (non-hydrogen) atoms. The molecule has 0 atom stereocenters. The first-order valence-electron chi connectivity index (χ1n) is 10.3. The van der Waals surface area contributed by atoms with E-state index in [-0.39, 0.29) is 5.78 Å². The molecule has 1 aliphatic rings. The minimum absolute atomic E-state index is 0.0510. The second-order valence-corrected chi connectivity index (χ2v) is 9.30. The molecular formula is C26H21NO2S2. The fourth-order valence-corrected chi connectivity index (χ4v) is 5.49. The quantitative estimate of drug-likeness (QED) is 0.299. The number of carbonyl (C=O) groups is 1. The van der Waals surface area contributed by atoms with E-state index in [4.69, 9.17) is 4.74 Å². The monoisotopic (exact) mass is 443 g/mol. The SMILES string of the molecule is Cc1csc(C2=C(c3cccs3)C(=O)c3cc(OCCCc4ccccc4)ccc32)n1. The number of hydrogen-bond donors (Lipinski definition) is 0. The molecule has 2 heterocycles. The number of allylic oxidation sites excluding steroid dienone is 1. The van der Waals surface area contributed by atoms with E-state index in [0.29, 0.717) is 12.2 Å². The van der Waals surface area contributed by atoms with Gasteiger partial charge in [0.25, 0.3) is 0 Å². The maximum Gasteiger partial charge on any atom is 0.195 e. The number of carbonyl (C=O) groups excluding carboxylic acids is 1. The van der Waals surface area contributed by atoms with E-state index in [1.807, 2.05) is 54.1 Å². The summed E-state index contributed by atoms with van der Waals surface area (Å²) in [6.07, 6.45) is 1.90. The largest absolute Gasteiger partial charge is 0.494 e. The lowest BCUT2D eigenvalue weighted by Crippen LogP contribution is -2.02. The van der Waals surface area contributed by atoms with Crippen molar-refractivity contribution < 1.29 is 9.53 Å². The van der Waals surface area contributed by atoms with Gasteiger partial charge in [-0.25, -0.2) is 4.98 Å². The van der Waals surface area contributed by atoms with Gasteiger partial charge in [0.05, 0.1) is 12.2 Å². The molecule has 0 amide bonds. The van der Waals surface area contributed by atoms with Crippen LogP contribution < -0.4 is 4.74 Å². The molecular weight excluding hydrogens is 422 g/mol. The smallest absolute Gasteiger partial charge is 0.195 e. The van der Waals surface area contributed by atoms with Crippen molar-refractivity contribution in [2.45, 2.75) is 19.8 Å². The highest BCUT2D eigenvalue weighted by Gasteiger charge is 2.33. The Balaban J connectivity index is 1.39. The Hall–Kier alpha value is -3.02. The summed E-state index contributed by atoms with van der Waals surface area (Å²) in [4.78, 5) is 19.1. The van der Waals surface area contributed by atoms with Crippen molar-refractivity contribution in [1.29, 1.82) is 0 Å². The average Bonchev–Trinajstić information content (AvgIpc) is 3.52. The number of ether oxygens (including phenoxy) is 1. The zero-order chi connectivity index (χ0) is 21.2. The molecule has 0 spiro atoms. The van der Waals surface area contributed by atoms with E-state index in [9.17, 15) is 4.79 Å². The van der Waals surface area contributed by atoms with E-state index in [1.54, 1.807) is 22.7 Å². The van der Waals surface area contributed by atoms with Crippen molar-refractivity contribution in [1.82, 2.24) is 4.98 Å². The number of Topliss-reactive ketones (excluding diaryl/α,β-unsaturated/α-hetero) is 1. The number of rotatable bonds is 7. The number of aryl methyl sites for hydroxylation is 2. The summed E-state index contributed by atoms with van der Waals surface area (Å²) in [7, 11) is 0. The van der Waals surface area contributed by atoms with Gasteiger partial charge < -0.3 is 4.74 Å². The average molecular weight is 444 g/mol. The molecule has 5 heteroatoms. The number of fused-ring (bicyclic) bond motifs is 1. The molecule has 0 saturated carbocycles. The third-order valence-corrected chi connectivity index (χ3v) is 7.17. The lowest BCUT2D eigenvalue weighted by atomic mass is 10.1. The van der Waals surface area contributed by atoms with Crippen molar-refractivity contribution in [2.24, 2.45) is 0 Å². The lowest BCUT2D eigenvalue weighted by molar-refractivity contribution is 0.105. The first-order chi connectivity index (χ1) is 15.2. The maximum atomic E-state index is 13.4. The van der Waals surface area contributed by atoms with Gasteiger partial charge in [0, 0.05) is 27.1 Å². The van der Waals surface area contributed by atoms with E-state index in [0.717, 1.165) is 50.9 Å². The fraction of sp³-hybridized carbons (Fsp3) is 0.154. The number of ketones is 1. The Bertz CT molecular complexity index is 1250. The van der Waals surface area contributed by atoms with Crippen LogP contribution in [-0.4, -0.2) is 17.4 Å². The summed E-state index contributed by atoms with van der Waals surface area (Å²) < 4.78 is 5.99. The standard InChI is InChI=1S/C26H21NO2S2/c1-17-16-31-26(27-17)23-20-12-11-19(29-13-5-9-18-7-3-2-4-8-18)15-21(20)25(28)24(23)22-10-6-14-30-22/h2-4,6-8,10-12,14-16H,5,9,13H2,1H3. The van der Waals surface area contributed by atoms with E-state index in [2.05, 4.69) is 29.2 Å². The molecule has 0 aliphatic heterocycles. The van der Waals surface area contributed by atoms with Crippen LogP contribution in [0.1, 0.15) is 43.5 Å². The minimum atomic E-state index is 0.0510. The number of aromatic nitrogens is 1. The molecule has 154 valence electrons. The normalized spacial score (nSPS) is 13.0. The minimum Gasteiger partial charge on any atom is -0.494 e. The Labute approximate surface area is 189 Å². The van der Waals surface area contributed by atoms with Gasteiger partial charge in [0.2, 0.25) is 0 Å². The predicted octanol–water partition coefficient (Wildman–Crippen LogP) is 6.68. The Kier molecular flexibility index (Phi) is 5.53. The second-order valence-electron chi connectivity index (χ2n) is 7.50.